The van der Waals surface area contributed by atoms with Crippen LogP contribution in [0.2, 0.25) is 0 Å². The van der Waals surface area contributed by atoms with Crippen molar-refractivity contribution in [1.82, 2.24) is 0 Å². The van der Waals surface area contributed by atoms with E-state index in [0.717, 1.165) is 10.0 Å². The lowest BCUT2D eigenvalue weighted by Crippen LogP contribution is -1.87. The zero-order valence-electron chi connectivity index (χ0n) is 7.67. The molecule has 1 heterocycles. The van der Waals surface area contributed by atoms with Gasteiger partial charge in [0, 0.05) is 19.9 Å². The molecule has 1 nitrogen and oxygen atoms in total. The molecule has 70 valence electrons. The molecule has 0 aliphatic heterocycles. The van der Waals surface area contributed by atoms with Gasteiger partial charge in [-0.2, -0.15) is 5.26 Å². The molecule has 1 aromatic carbocycles. The fraction of sp³-hybridized carbons (Fsp3) is 0.182. The number of nitrogens with zero attached hydrogens (tertiary/aromatic N) is 1. The molecule has 0 saturated carbocycles. The average Bonchev–Trinajstić information content (AvgIpc) is 2.53. The molecule has 14 heavy (non-hydrogen) atoms. The maximum absolute atomic E-state index is 8.77. The number of hydrogen-bond donors (Lipinski definition) is 0. The van der Waals surface area contributed by atoms with Crippen LogP contribution in [-0.2, 0) is 6.42 Å². The molecule has 0 bridgehead atoms. The quantitative estimate of drug-likeness (QED) is 0.764. The van der Waals surface area contributed by atoms with Gasteiger partial charge in [-0.3, -0.25) is 0 Å². The third kappa shape index (κ3) is 1.45. The molecule has 0 aliphatic rings. The maximum Gasteiger partial charge on any atom is 0.0670 e. The first-order valence-corrected chi connectivity index (χ1v) is 5.93. The van der Waals surface area contributed by atoms with Crippen LogP contribution in [-0.4, -0.2) is 0 Å². The van der Waals surface area contributed by atoms with Crippen molar-refractivity contribution >= 4 is 37.4 Å². The molecular formula is C11H8BrNS. The van der Waals surface area contributed by atoms with Gasteiger partial charge in [-0.25, -0.2) is 0 Å². The zero-order valence-corrected chi connectivity index (χ0v) is 10.1. The second-order valence-electron chi connectivity index (χ2n) is 3.15. The van der Waals surface area contributed by atoms with Crippen LogP contribution in [0.5, 0.6) is 0 Å². The molecular weight excluding hydrogens is 258 g/mol. The third-order valence-electron chi connectivity index (χ3n) is 2.29. The van der Waals surface area contributed by atoms with Crippen LogP contribution in [0.1, 0.15) is 11.1 Å². The summed E-state index contributed by atoms with van der Waals surface area (Å²) >= 11 is 5.23. The van der Waals surface area contributed by atoms with Gasteiger partial charge in [0.2, 0.25) is 0 Å². The van der Waals surface area contributed by atoms with Crippen molar-refractivity contribution in [3.63, 3.8) is 0 Å². The SMILES string of the molecule is Cc1ccc2scc(Br)c2c1CC#N. The highest BCUT2D eigenvalue weighted by atomic mass is 79.9. The molecule has 0 spiro atoms. The smallest absolute Gasteiger partial charge is 0.0670 e. The zero-order chi connectivity index (χ0) is 10.1. The van der Waals surface area contributed by atoms with Gasteiger partial charge in [0.15, 0.2) is 0 Å². The molecule has 0 N–H and O–H groups in total. The number of aryl methyl sites for hydroxylation is 1. The molecule has 0 unspecified atom stereocenters. The van der Waals surface area contributed by atoms with Crippen molar-refractivity contribution in [3.05, 3.63) is 33.1 Å². The second-order valence-corrected chi connectivity index (χ2v) is 4.92. The van der Waals surface area contributed by atoms with Gasteiger partial charge in [0.05, 0.1) is 12.5 Å². The minimum absolute atomic E-state index is 0.485. The Morgan fingerprint density at radius 1 is 1.50 bits per heavy atom. The predicted octanol–water partition coefficient (Wildman–Crippen LogP) is 4.04. The van der Waals surface area contributed by atoms with E-state index in [2.05, 4.69) is 46.4 Å². The fourth-order valence-corrected chi connectivity index (χ4v) is 3.28. The van der Waals surface area contributed by atoms with E-state index in [1.54, 1.807) is 11.3 Å². The van der Waals surface area contributed by atoms with E-state index in [1.807, 2.05) is 0 Å². The van der Waals surface area contributed by atoms with E-state index in [-0.39, 0.29) is 0 Å². The van der Waals surface area contributed by atoms with Gasteiger partial charge < -0.3 is 0 Å². The Labute approximate surface area is 95.1 Å². The second kappa shape index (κ2) is 3.72. The van der Waals surface area contributed by atoms with Crippen molar-refractivity contribution in [2.45, 2.75) is 13.3 Å². The number of halogens is 1. The van der Waals surface area contributed by atoms with Crippen LogP contribution in [0.3, 0.4) is 0 Å². The number of benzene rings is 1. The highest BCUT2D eigenvalue weighted by Crippen LogP contribution is 2.34. The summed E-state index contributed by atoms with van der Waals surface area (Å²) in [6, 6.07) is 6.41. The minimum atomic E-state index is 0.485. The molecule has 0 fully saturated rings. The summed E-state index contributed by atoms with van der Waals surface area (Å²) in [6.07, 6.45) is 0.485. The summed E-state index contributed by atoms with van der Waals surface area (Å²) < 4.78 is 2.35. The Morgan fingerprint density at radius 2 is 2.29 bits per heavy atom. The molecule has 0 amide bonds. The van der Waals surface area contributed by atoms with Crippen LogP contribution in [0, 0.1) is 18.3 Å². The van der Waals surface area contributed by atoms with Crippen LogP contribution in [0.15, 0.2) is 22.0 Å². The molecule has 2 aromatic rings. The standard InChI is InChI=1S/C11H8BrNS/c1-7-2-3-10-11(8(7)4-5-13)9(12)6-14-10/h2-3,6H,4H2,1H3. The molecule has 0 atom stereocenters. The van der Waals surface area contributed by atoms with Crippen molar-refractivity contribution in [2.75, 3.05) is 0 Å². The largest absolute Gasteiger partial charge is 0.198 e. The third-order valence-corrected chi connectivity index (χ3v) is 4.17. The summed E-state index contributed by atoms with van der Waals surface area (Å²) in [4.78, 5) is 0. The lowest BCUT2D eigenvalue weighted by molar-refractivity contribution is 1.24. The van der Waals surface area contributed by atoms with Crippen molar-refractivity contribution in [3.8, 4) is 6.07 Å². The highest BCUT2D eigenvalue weighted by molar-refractivity contribution is 9.10. The summed E-state index contributed by atoms with van der Waals surface area (Å²) in [7, 11) is 0. The average molecular weight is 266 g/mol. The molecule has 0 radical (unpaired) electrons. The van der Waals surface area contributed by atoms with E-state index >= 15 is 0 Å². The summed E-state index contributed by atoms with van der Waals surface area (Å²) in [5.41, 5.74) is 2.34. The van der Waals surface area contributed by atoms with Gasteiger partial charge in [-0.1, -0.05) is 6.07 Å². The van der Waals surface area contributed by atoms with Crippen molar-refractivity contribution < 1.29 is 0 Å². The van der Waals surface area contributed by atoms with Gasteiger partial charge in [-0.05, 0) is 40.0 Å². The van der Waals surface area contributed by atoms with E-state index in [1.165, 1.54) is 15.6 Å². The summed E-state index contributed by atoms with van der Waals surface area (Å²) in [6.45, 7) is 2.05. The number of rotatable bonds is 1. The first kappa shape index (κ1) is 9.70. The van der Waals surface area contributed by atoms with Crippen molar-refractivity contribution in [1.29, 1.82) is 5.26 Å². The van der Waals surface area contributed by atoms with E-state index in [4.69, 9.17) is 5.26 Å². The van der Waals surface area contributed by atoms with Crippen LogP contribution < -0.4 is 0 Å². The Balaban J connectivity index is 2.81. The topological polar surface area (TPSA) is 23.8 Å². The van der Waals surface area contributed by atoms with Gasteiger partial charge in [0.1, 0.15) is 0 Å². The number of nitriles is 1. The predicted molar refractivity (Wildman–Crippen MR) is 63.6 cm³/mol. The number of thiophene rings is 1. The molecule has 0 aliphatic carbocycles. The normalized spacial score (nSPS) is 10.4. The van der Waals surface area contributed by atoms with Crippen LogP contribution in [0.25, 0.3) is 10.1 Å². The maximum atomic E-state index is 8.77. The Bertz CT molecular complexity index is 522. The van der Waals surface area contributed by atoms with E-state index in [0.29, 0.717) is 6.42 Å². The Kier molecular flexibility index (Phi) is 2.58. The molecule has 1 aromatic heterocycles. The summed E-state index contributed by atoms with van der Waals surface area (Å²) in [5, 5.41) is 12.0. The highest BCUT2D eigenvalue weighted by Gasteiger charge is 2.09. The monoisotopic (exact) mass is 265 g/mol. The van der Waals surface area contributed by atoms with Gasteiger partial charge in [0.25, 0.3) is 0 Å². The summed E-state index contributed by atoms with van der Waals surface area (Å²) in [5.74, 6) is 0. The number of fused-ring (bicyclic) bond motifs is 1. The lowest BCUT2D eigenvalue weighted by atomic mass is 10.0. The van der Waals surface area contributed by atoms with Gasteiger partial charge >= 0.3 is 0 Å². The molecule has 0 saturated heterocycles. The van der Waals surface area contributed by atoms with Crippen LogP contribution >= 0.6 is 27.3 Å². The van der Waals surface area contributed by atoms with E-state index < -0.39 is 0 Å². The van der Waals surface area contributed by atoms with Crippen molar-refractivity contribution in [2.24, 2.45) is 0 Å². The van der Waals surface area contributed by atoms with E-state index in [9.17, 15) is 0 Å². The first-order chi connectivity index (χ1) is 6.74. The molecule has 3 heteroatoms. The Hall–Kier alpha value is -0.850. The van der Waals surface area contributed by atoms with Gasteiger partial charge in [-0.15, -0.1) is 11.3 Å². The minimum Gasteiger partial charge on any atom is -0.198 e. The van der Waals surface area contributed by atoms with Crippen LogP contribution in [0.4, 0.5) is 0 Å². The molecule has 2 rings (SSSR count). The Morgan fingerprint density at radius 3 is 3.00 bits per heavy atom. The first-order valence-electron chi connectivity index (χ1n) is 4.26. The lowest BCUT2D eigenvalue weighted by Gasteiger charge is -2.03. The number of hydrogen-bond acceptors (Lipinski definition) is 2. The fourth-order valence-electron chi connectivity index (χ4n) is 1.57.